The van der Waals surface area contributed by atoms with E-state index in [1.165, 1.54) is 5.56 Å². The van der Waals surface area contributed by atoms with Crippen LogP contribution in [-0.2, 0) is 19.7 Å². The summed E-state index contributed by atoms with van der Waals surface area (Å²) in [6, 6.07) is 17.1. The van der Waals surface area contributed by atoms with Crippen molar-refractivity contribution in [3.63, 3.8) is 0 Å². The predicted octanol–water partition coefficient (Wildman–Crippen LogP) is 3.49. The molecule has 0 N–H and O–H groups in total. The van der Waals surface area contributed by atoms with Gasteiger partial charge in [-0.3, -0.25) is 4.79 Å². The highest BCUT2D eigenvalue weighted by Crippen LogP contribution is 2.46. The highest BCUT2D eigenvalue weighted by atomic mass is 16.6. The van der Waals surface area contributed by atoms with E-state index in [2.05, 4.69) is 19.9 Å². The quantitative estimate of drug-likeness (QED) is 0.579. The number of hydrogen-bond acceptors (Lipinski definition) is 5. The molecule has 0 saturated carbocycles. The predicted molar refractivity (Wildman–Crippen MR) is 104 cm³/mol. The number of para-hydroxylation sites is 2. The summed E-state index contributed by atoms with van der Waals surface area (Å²) >= 11 is 0. The fraction of sp³-hybridized carbons (Fsp3) is 0.273. The highest BCUT2D eigenvalue weighted by molar-refractivity contribution is 5.94. The third-order valence-electron chi connectivity index (χ3n) is 4.71. The second kappa shape index (κ2) is 7.66. The van der Waals surface area contributed by atoms with E-state index < -0.39 is 5.97 Å². The Kier molecular flexibility index (Phi) is 5.31. The molecule has 0 spiro atoms. The maximum absolute atomic E-state index is 12.3. The summed E-state index contributed by atoms with van der Waals surface area (Å²) in [6.07, 6.45) is 1.56. The first-order valence-electron chi connectivity index (χ1n) is 8.81. The summed E-state index contributed by atoms with van der Waals surface area (Å²) in [4.78, 5) is 26.1. The van der Waals surface area contributed by atoms with Gasteiger partial charge >= 0.3 is 5.97 Å². The van der Waals surface area contributed by atoms with Crippen molar-refractivity contribution < 1.29 is 19.1 Å². The summed E-state index contributed by atoms with van der Waals surface area (Å²) in [5, 5.41) is 0. The monoisotopic (exact) mass is 365 g/mol. The van der Waals surface area contributed by atoms with Gasteiger partial charge in [-0.2, -0.15) is 0 Å². The first-order valence-corrected chi connectivity index (χ1v) is 8.81. The van der Waals surface area contributed by atoms with Crippen LogP contribution in [0.15, 0.2) is 66.4 Å². The largest absolute Gasteiger partial charge is 0.482 e. The molecular weight excluding hydrogens is 342 g/mol. The molecule has 0 saturated heterocycles. The maximum Gasteiger partial charge on any atom is 0.344 e. The summed E-state index contributed by atoms with van der Waals surface area (Å²) in [5.74, 6) is -0.256. The number of allylic oxidation sites excluding steroid dienone is 1. The van der Waals surface area contributed by atoms with Crippen LogP contribution in [0.4, 0.5) is 5.69 Å². The van der Waals surface area contributed by atoms with E-state index in [9.17, 15) is 9.59 Å². The molecule has 0 aromatic heterocycles. The molecule has 0 aliphatic carbocycles. The number of esters is 1. The molecule has 1 aliphatic heterocycles. The Morgan fingerprint density at radius 3 is 2.37 bits per heavy atom. The van der Waals surface area contributed by atoms with Crippen LogP contribution < -0.4 is 9.64 Å². The fourth-order valence-electron chi connectivity index (χ4n) is 3.31. The van der Waals surface area contributed by atoms with Crippen LogP contribution in [-0.4, -0.2) is 32.0 Å². The van der Waals surface area contributed by atoms with E-state index in [0.29, 0.717) is 5.75 Å². The number of ether oxygens (including phenoxy) is 2. The molecule has 1 heterocycles. The fourth-order valence-corrected chi connectivity index (χ4v) is 3.31. The van der Waals surface area contributed by atoms with Gasteiger partial charge in [-0.05, 0) is 23.8 Å². The molecule has 140 valence electrons. The van der Waals surface area contributed by atoms with Crippen molar-refractivity contribution in [2.45, 2.75) is 19.3 Å². The molecule has 27 heavy (non-hydrogen) atoms. The Bertz CT molecular complexity index is 871. The first-order chi connectivity index (χ1) is 12.9. The van der Waals surface area contributed by atoms with Gasteiger partial charge in [0.1, 0.15) is 5.75 Å². The van der Waals surface area contributed by atoms with Crippen molar-refractivity contribution in [2.75, 3.05) is 25.2 Å². The van der Waals surface area contributed by atoms with Gasteiger partial charge in [0.2, 0.25) is 0 Å². The van der Waals surface area contributed by atoms with Gasteiger partial charge in [0.15, 0.2) is 19.0 Å². The van der Waals surface area contributed by atoms with E-state index in [1.807, 2.05) is 48.3 Å². The molecule has 0 fully saturated rings. The lowest BCUT2D eigenvalue weighted by atomic mass is 9.83. The number of carbonyl (C=O) groups is 2. The number of ketones is 1. The lowest BCUT2D eigenvalue weighted by Crippen LogP contribution is -2.25. The molecule has 3 rings (SSSR count). The van der Waals surface area contributed by atoms with Crippen molar-refractivity contribution in [1.82, 2.24) is 0 Å². The number of anilines is 1. The highest BCUT2D eigenvalue weighted by Gasteiger charge is 2.38. The van der Waals surface area contributed by atoms with Crippen LogP contribution >= 0.6 is 0 Å². The molecular formula is C22H23NO4. The zero-order chi connectivity index (χ0) is 19.4. The number of carbonyl (C=O) groups excluding carboxylic acids is 2. The molecule has 0 radical (unpaired) electrons. The second-order valence-corrected chi connectivity index (χ2v) is 6.96. The lowest BCUT2D eigenvalue weighted by molar-refractivity contribution is -0.148. The van der Waals surface area contributed by atoms with Gasteiger partial charge in [-0.25, -0.2) is 4.79 Å². The van der Waals surface area contributed by atoms with Crippen LogP contribution in [0, 0.1) is 0 Å². The molecule has 0 unspecified atom stereocenters. The Hall–Kier alpha value is -3.08. The minimum Gasteiger partial charge on any atom is -0.482 e. The summed E-state index contributed by atoms with van der Waals surface area (Å²) in [6.45, 7) is 3.62. The molecule has 5 heteroatoms. The Balaban J connectivity index is 1.58. The van der Waals surface area contributed by atoms with E-state index in [0.717, 1.165) is 11.4 Å². The Morgan fingerprint density at radius 1 is 1.00 bits per heavy atom. The molecule has 1 aliphatic rings. The van der Waals surface area contributed by atoms with Gasteiger partial charge in [0.05, 0.1) is 0 Å². The molecule has 5 nitrogen and oxygen atoms in total. The van der Waals surface area contributed by atoms with Crippen LogP contribution in [0.2, 0.25) is 0 Å². The van der Waals surface area contributed by atoms with E-state index in [-0.39, 0.29) is 24.4 Å². The Morgan fingerprint density at radius 2 is 1.67 bits per heavy atom. The lowest BCUT2D eigenvalue weighted by Gasteiger charge is -2.23. The number of nitrogens with zero attached hydrogens (tertiary/aromatic N) is 1. The standard InChI is InChI=1S/C22H23NO4/c1-22(2)18-11-7-8-12-19(18)23(3)20(22)13-16(24)14-27-21(25)15-26-17-9-5-4-6-10-17/h4-13H,14-15H2,1-3H3/b20-13+. The summed E-state index contributed by atoms with van der Waals surface area (Å²) < 4.78 is 10.4. The molecule has 0 amide bonds. The number of fused-ring (bicyclic) bond motifs is 1. The van der Waals surface area contributed by atoms with Crippen molar-refractivity contribution in [1.29, 1.82) is 0 Å². The topological polar surface area (TPSA) is 55.8 Å². The average Bonchev–Trinajstić information content (AvgIpc) is 2.87. The van der Waals surface area contributed by atoms with Gasteiger partial charge in [0, 0.05) is 29.9 Å². The van der Waals surface area contributed by atoms with Crippen molar-refractivity contribution >= 4 is 17.4 Å². The third kappa shape index (κ3) is 4.03. The first kappa shape index (κ1) is 18.7. The SMILES string of the molecule is CN1/C(=C/C(=O)COC(=O)COc2ccccc2)C(C)(C)c2ccccc21. The van der Waals surface area contributed by atoms with Gasteiger partial charge < -0.3 is 14.4 Å². The van der Waals surface area contributed by atoms with Gasteiger partial charge in [-0.15, -0.1) is 0 Å². The number of hydrogen-bond donors (Lipinski definition) is 0. The molecule has 2 aromatic rings. The van der Waals surface area contributed by atoms with Gasteiger partial charge in [0.25, 0.3) is 0 Å². The van der Waals surface area contributed by atoms with Crippen molar-refractivity contribution in [3.8, 4) is 5.75 Å². The zero-order valence-electron chi connectivity index (χ0n) is 15.8. The van der Waals surface area contributed by atoms with Crippen molar-refractivity contribution in [2.24, 2.45) is 0 Å². The zero-order valence-corrected chi connectivity index (χ0v) is 15.8. The molecule has 2 aromatic carbocycles. The van der Waals surface area contributed by atoms with E-state index in [1.54, 1.807) is 18.2 Å². The molecule has 0 atom stereocenters. The number of likely N-dealkylation sites (N-methyl/N-ethyl adjacent to an activating group) is 1. The van der Waals surface area contributed by atoms with Crippen LogP contribution in [0.3, 0.4) is 0 Å². The maximum atomic E-state index is 12.3. The minimum absolute atomic E-state index is 0.231. The van der Waals surface area contributed by atoms with E-state index in [4.69, 9.17) is 9.47 Å². The minimum atomic E-state index is -0.576. The van der Waals surface area contributed by atoms with Crippen LogP contribution in [0.5, 0.6) is 5.75 Å². The van der Waals surface area contributed by atoms with E-state index >= 15 is 0 Å². The summed E-state index contributed by atoms with van der Waals surface area (Å²) in [5.41, 5.74) is 2.83. The third-order valence-corrected chi connectivity index (χ3v) is 4.71. The second-order valence-electron chi connectivity index (χ2n) is 6.96. The normalized spacial score (nSPS) is 16.1. The summed E-state index contributed by atoms with van der Waals surface area (Å²) in [7, 11) is 1.94. The molecule has 0 bridgehead atoms. The van der Waals surface area contributed by atoms with Crippen molar-refractivity contribution in [3.05, 3.63) is 71.9 Å². The average molecular weight is 365 g/mol. The smallest absolute Gasteiger partial charge is 0.344 e. The Labute approximate surface area is 159 Å². The number of rotatable bonds is 6. The van der Waals surface area contributed by atoms with Crippen LogP contribution in [0.25, 0.3) is 0 Å². The number of benzene rings is 2. The van der Waals surface area contributed by atoms with Crippen LogP contribution in [0.1, 0.15) is 19.4 Å². The van der Waals surface area contributed by atoms with Gasteiger partial charge in [-0.1, -0.05) is 50.2 Å².